The van der Waals surface area contributed by atoms with Crippen LogP contribution in [0.2, 0.25) is 0 Å². The highest BCUT2D eigenvalue weighted by molar-refractivity contribution is 5.94. The number of rotatable bonds is 4. The molecule has 0 saturated heterocycles. The molecule has 0 radical (unpaired) electrons. The van der Waals surface area contributed by atoms with Gasteiger partial charge in [-0.05, 0) is 25.5 Å². The molecule has 2 aromatic carbocycles. The first kappa shape index (κ1) is 14.8. The second kappa shape index (κ2) is 7.25. The largest absolute Gasteiger partial charge is 0.423 e. The normalized spacial score (nSPS) is 12.1. The molecule has 0 bridgehead atoms. The van der Waals surface area contributed by atoms with Crippen LogP contribution in [-0.2, 0) is 9.53 Å². The van der Waals surface area contributed by atoms with Crippen molar-refractivity contribution in [2.24, 2.45) is 0 Å². The van der Waals surface area contributed by atoms with E-state index < -0.39 is 0 Å². The van der Waals surface area contributed by atoms with Crippen molar-refractivity contribution in [1.82, 2.24) is 0 Å². The molecule has 0 heterocycles. The van der Waals surface area contributed by atoms with Crippen molar-refractivity contribution in [2.45, 2.75) is 13.8 Å². The van der Waals surface area contributed by atoms with Crippen LogP contribution in [0.15, 0.2) is 72.3 Å². The average molecular weight is 278 g/mol. The van der Waals surface area contributed by atoms with Gasteiger partial charge in [-0.1, -0.05) is 66.7 Å². The molecule has 0 N–H and O–H groups in total. The highest BCUT2D eigenvalue weighted by atomic mass is 16.5. The number of carbonyl (C=O) groups excluding carboxylic acids is 1. The zero-order valence-electron chi connectivity index (χ0n) is 12.2. The first-order valence-corrected chi connectivity index (χ1v) is 6.88. The van der Waals surface area contributed by atoms with E-state index in [9.17, 15) is 4.79 Å². The number of allylic oxidation sites excluding steroid dienone is 1. The van der Waals surface area contributed by atoms with Crippen LogP contribution < -0.4 is 0 Å². The molecule has 2 heteroatoms. The summed E-state index contributed by atoms with van der Waals surface area (Å²) in [5, 5.41) is 0. The van der Waals surface area contributed by atoms with E-state index in [1.165, 1.54) is 0 Å². The highest BCUT2D eigenvalue weighted by Crippen LogP contribution is 2.20. The van der Waals surface area contributed by atoms with Crippen molar-refractivity contribution >= 4 is 17.8 Å². The Morgan fingerprint density at radius 2 is 1.52 bits per heavy atom. The highest BCUT2D eigenvalue weighted by Gasteiger charge is 2.10. The Hall–Kier alpha value is -2.61. The molecule has 0 spiro atoms. The van der Waals surface area contributed by atoms with Crippen LogP contribution in [0, 0.1) is 0 Å². The van der Waals surface area contributed by atoms with Gasteiger partial charge in [-0.15, -0.1) is 0 Å². The van der Waals surface area contributed by atoms with Crippen molar-refractivity contribution in [3.63, 3.8) is 0 Å². The quantitative estimate of drug-likeness (QED) is 0.351. The van der Waals surface area contributed by atoms with E-state index in [4.69, 9.17) is 4.74 Å². The van der Waals surface area contributed by atoms with Crippen molar-refractivity contribution in [1.29, 1.82) is 0 Å². The van der Waals surface area contributed by atoms with E-state index in [2.05, 4.69) is 0 Å². The third-order valence-electron chi connectivity index (χ3n) is 3.11. The van der Waals surface area contributed by atoms with Crippen LogP contribution in [0.1, 0.15) is 25.0 Å². The number of hydrogen-bond acceptors (Lipinski definition) is 2. The molecule has 0 aromatic heterocycles. The standard InChI is InChI=1S/C19H18O2/c1-3-15(2)19(20)21-18(17-12-8-5-9-13-17)14-16-10-6-4-7-11-16/h3-14H,1-2H3. The number of hydrogen-bond donors (Lipinski definition) is 0. The third kappa shape index (κ3) is 4.18. The van der Waals surface area contributed by atoms with Crippen LogP contribution in [-0.4, -0.2) is 5.97 Å². The van der Waals surface area contributed by atoms with E-state index in [0.29, 0.717) is 11.3 Å². The molecule has 0 atom stereocenters. The lowest BCUT2D eigenvalue weighted by Crippen LogP contribution is -2.05. The van der Waals surface area contributed by atoms with Gasteiger partial charge in [-0.3, -0.25) is 0 Å². The van der Waals surface area contributed by atoms with Crippen molar-refractivity contribution in [3.05, 3.63) is 83.4 Å². The monoisotopic (exact) mass is 278 g/mol. The van der Waals surface area contributed by atoms with Crippen LogP contribution in [0.4, 0.5) is 0 Å². The number of esters is 1. The summed E-state index contributed by atoms with van der Waals surface area (Å²) in [6.07, 6.45) is 3.61. The van der Waals surface area contributed by atoms with Gasteiger partial charge >= 0.3 is 5.97 Å². The summed E-state index contributed by atoms with van der Waals surface area (Å²) in [5.74, 6) is 0.219. The lowest BCUT2D eigenvalue weighted by Gasteiger charge is -2.09. The van der Waals surface area contributed by atoms with Gasteiger partial charge in [0.2, 0.25) is 0 Å². The molecule has 2 nitrogen and oxygen atoms in total. The third-order valence-corrected chi connectivity index (χ3v) is 3.11. The Labute approximate surface area is 125 Å². The van der Waals surface area contributed by atoms with Gasteiger partial charge in [0.15, 0.2) is 0 Å². The van der Waals surface area contributed by atoms with Gasteiger partial charge in [0, 0.05) is 11.1 Å². The predicted octanol–water partition coefficient (Wildman–Crippen LogP) is 4.69. The Kier molecular flexibility index (Phi) is 5.10. The summed E-state index contributed by atoms with van der Waals surface area (Å²) in [6.45, 7) is 3.56. The summed E-state index contributed by atoms with van der Waals surface area (Å²) < 4.78 is 5.55. The Balaban J connectivity index is 2.36. The minimum absolute atomic E-state index is 0.330. The molecular weight excluding hydrogens is 260 g/mol. The fraction of sp³-hybridized carbons (Fsp3) is 0.105. The van der Waals surface area contributed by atoms with Crippen LogP contribution in [0.25, 0.3) is 11.8 Å². The summed E-state index contributed by atoms with van der Waals surface area (Å²) in [4.78, 5) is 12.0. The topological polar surface area (TPSA) is 26.3 Å². The Bertz CT molecular complexity index is 652. The van der Waals surface area contributed by atoms with Gasteiger partial charge in [-0.25, -0.2) is 4.79 Å². The summed E-state index contributed by atoms with van der Waals surface area (Å²) in [6, 6.07) is 19.4. The molecule has 106 valence electrons. The molecule has 0 aliphatic rings. The van der Waals surface area contributed by atoms with Gasteiger partial charge in [0.05, 0.1) is 0 Å². The van der Waals surface area contributed by atoms with Crippen LogP contribution >= 0.6 is 0 Å². The smallest absolute Gasteiger partial charge is 0.338 e. The Morgan fingerprint density at radius 3 is 2.10 bits per heavy atom. The average Bonchev–Trinajstić information content (AvgIpc) is 2.55. The van der Waals surface area contributed by atoms with Gasteiger partial charge < -0.3 is 4.74 Å². The van der Waals surface area contributed by atoms with E-state index in [1.54, 1.807) is 13.0 Å². The summed E-state index contributed by atoms with van der Waals surface area (Å²) in [7, 11) is 0. The van der Waals surface area contributed by atoms with Crippen molar-refractivity contribution in [3.8, 4) is 0 Å². The van der Waals surface area contributed by atoms with E-state index >= 15 is 0 Å². The van der Waals surface area contributed by atoms with E-state index in [1.807, 2.05) is 73.7 Å². The maximum Gasteiger partial charge on any atom is 0.338 e. The van der Waals surface area contributed by atoms with Gasteiger partial charge in [0.1, 0.15) is 5.76 Å². The molecule has 21 heavy (non-hydrogen) atoms. The van der Waals surface area contributed by atoms with Gasteiger partial charge in [0.25, 0.3) is 0 Å². The molecule has 0 aliphatic heterocycles. The summed E-state index contributed by atoms with van der Waals surface area (Å²) >= 11 is 0. The molecular formula is C19H18O2. The lowest BCUT2D eigenvalue weighted by molar-refractivity contribution is -0.132. The fourth-order valence-electron chi connectivity index (χ4n) is 1.77. The van der Waals surface area contributed by atoms with Crippen molar-refractivity contribution in [2.75, 3.05) is 0 Å². The number of benzene rings is 2. The predicted molar refractivity (Wildman–Crippen MR) is 86.3 cm³/mol. The zero-order chi connectivity index (χ0) is 15.1. The molecule has 0 amide bonds. The second-order valence-corrected chi connectivity index (χ2v) is 4.65. The molecule has 0 fully saturated rings. The summed E-state index contributed by atoms with van der Waals surface area (Å²) in [5.41, 5.74) is 2.45. The maximum atomic E-state index is 12.0. The van der Waals surface area contributed by atoms with E-state index in [-0.39, 0.29) is 5.97 Å². The first-order valence-electron chi connectivity index (χ1n) is 6.88. The number of ether oxygens (including phenoxy) is 1. The van der Waals surface area contributed by atoms with Crippen molar-refractivity contribution < 1.29 is 9.53 Å². The molecule has 2 rings (SSSR count). The second-order valence-electron chi connectivity index (χ2n) is 4.65. The lowest BCUT2D eigenvalue weighted by atomic mass is 10.1. The van der Waals surface area contributed by atoms with E-state index in [0.717, 1.165) is 11.1 Å². The molecule has 0 saturated carbocycles. The minimum Gasteiger partial charge on any atom is -0.423 e. The molecule has 2 aromatic rings. The van der Waals surface area contributed by atoms with Crippen LogP contribution in [0.3, 0.4) is 0 Å². The van der Waals surface area contributed by atoms with Gasteiger partial charge in [-0.2, -0.15) is 0 Å². The maximum absolute atomic E-state index is 12.0. The first-order chi connectivity index (χ1) is 10.2. The zero-order valence-corrected chi connectivity index (χ0v) is 12.2. The van der Waals surface area contributed by atoms with Crippen LogP contribution in [0.5, 0.6) is 0 Å². The SMILES string of the molecule is CC=C(C)C(=O)OC(=Cc1ccccc1)c1ccccc1. The fourth-order valence-corrected chi connectivity index (χ4v) is 1.77. The Morgan fingerprint density at radius 1 is 0.952 bits per heavy atom. The molecule has 0 aliphatic carbocycles. The minimum atomic E-state index is -0.330. The number of carbonyl (C=O) groups is 1. The molecule has 0 unspecified atom stereocenters.